The summed E-state index contributed by atoms with van der Waals surface area (Å²) in [5, 5.41) is 2.82. The number of piperazine rings is 1. The molecule has 0 spiro atoms. The summed E-state index contributed by atoms with van der Waals surface area (Å²) in [5.74, 6) is 5.42. The number of hydrogen-bond acceptors (Lipinski definition) is 8. The van der Waals surface area contributed by atoms with E-state index in [4.69, 9.17) is 10.6 Å². The normalized spacial score (nSPS) is 21.5. The lowest BCUT2D eigenvalue weighted by atomic mass is 9.94. The molecule has 3 aliphatic heterocycles. The Morgan fingerprint density at radius 3 is 2.36 bits per heavy atom. The average molecular weight is 463 g/mol. The zero-order valence-corrected chi connectivity index (χ0v) is 19.4. The molecular formula is C23H35FN6O3. The zero-order valence-electron chi connectivity index (χ0n) is 19.4. The van der Waals surface area contributed by atoms with Crippen molar-refractivity contribution >= 4 is 23.2 Å². The van der Waals surface area contributed by atoms with Crippen molar-refractivity contribution in [3.05, 3.63) is 17.9 Å². The number of nitrogens with two attached hydrogens (primary N) is 1. The second kappa shape index (κ2) is 10.7. The Hall–Kier alpha value is -2.43. The fraction of sp³-hybridized carbons (Fsp3) is 0.652. The fourth-order valence-corrected chi connectivity index (χ4v) is 4.89. The minimum Gasteiger partial charge on any atom is -0.492 e. The monoisotopic (exact) mass is 462 g/mol. The number of carbonyl (C=O) groups is 2. The molecule has 0 atom stereocenters. The molecule has 3 saturated heterocycles. The van der Waals surface area contributed by atoms with Gasteiger partial charge in [-0.05, 0) is 50.3 Å². The molecule has 3 fully saturated rings. The summed E-state index contributed by atoms with van der Waals surface area (Å²) in [6.07, 6.45) is 4.60. The van der Waals surface area contributed by atoms with Crippen LogP contribution < -0.4 is 20.9 Å². The topological polar surface area (TPSA) is 94.4 Å². The number of halogens is 1. The van der Waals surface area contributed by atoms with Crippen molar-refractivity contribution in [1.29, 1.82) is 0 Å². The van der Waals surface area contributed by atoms with Gasteiger partial charge in [-0.2, -0.15) is 5.01 Å². The van der Waals surface area contributed by atoms with Gasteiger partial charge in [0.1, 0.15) is 0 Å². The highest BCUT2D eigenvalue weighted by molar-refractivity contribution is 5.98. The van der Waals surface area contributed by atoms with Gasteiger partial charge in [-0.3, -0.25) is 25.8 Å². The number of ether oxygens (including phenoxy) is 1. The number of methoxy groups -OCH3 is 1. The van der Waals surface area contributed by atoms with Crippen molar-refractivity contribution in [1.82, 2.24) is 14.9 Å². The van der Waals surface area contributed by atoms with E-state index in [1.54, 1.807) is 12.1 Å². The van der Waals surface area contributed by atoms with E-state index in [0.29, 0.717) is 12.1 Å². The van der Waals surface area contributed by atoms with Crippen LogP contribution in [0.2, 0.25) is 0 Å². The fourth-order valence-electron chi connectivity index (χ4n) is 4.89. The molecule has 0 aromatic heterocycles. The molecule has 0 bridgehead atoms. The predicted molar refractivity (Wildman–Crippen MR) is 124 cm³/mol. The maximum absolute atomic E-state index is 15.2. The third-order valence-corrected chi connectivity index (χ3v) is 7.01. The van der Waals surface area contributed by atoms with Crippen LogP contribution in [0.5, 0.6) is 5.75 Å². The van der Waals surface area contributed by atoms with Crippen LogP contribution in [-0.4, -0.2) is 79.7 Å². The van der Waals surface area contributed by atoms with Gasteiger partial charge in [-0.25, -0.2) is 9.40 Å². The van der Waals surface area contributed by atoms with Gasteiger partial charge in [0.25, 0.3) is 0 Å². The van der Waals surface area contributed by atoms with Crippen molar-refractivity contribution in [3.63, 3.8) is 0 Å². The van der Waals surface area contributed by atoms with E-state index in [9.17, 15) is 9.59 Å². The zero-order chi connectivity index (χ0) is 23.4. The van der Waals surface area contributed by atoms with Crippen LogP contribution in [0.3, 0.4) is 0 Å². The number of nitrogens with zero attached hydrogens (tertiary/aromatic N) is 4. The molecule has 9 nitrogen and oxygen atoms in total. The number of benzene rings is 1. The van der Waals surface area contributed by atoms with Crippen LogP contribution in [0.25, 0.3) is 0 Å². The molecule has 0 saturated carbocycles. The number of hydrogen-bond donors (Lipinski definition) is 2. The van der Waals surface area contributed by atoms with Gasteiger partial charge in [0.05, 0.1) is 18.5 Å². The van der Waals surface area contributed by atoms with Gasteiger partial charge >= 0.3 is 0 Å². The minimum atomic E-state index is -0.602. The van der Waals surface area contributed by atoms with E-state index in [1.807, 2.05) is 5.01 Å². The number of piperidine rings is 2. The van der Waals surface area contributed by atoms with E-state index < -0.39 is 5.82 Å². The molecule has 10 heteroatoms. The first kappa shape index (κ1) is 23.7. The molecule has 33 heavy (non-hydrogen) atoms. The highest BCUT2D eigenvalue weighted by Crippen LogP contribution is 2.36. The Morgan fingerprint density at radius 2 is 1.73 bits per heavy atom. The average Bonchev–Trinajstić information content (AvgIpc) is 2.82. The van der Waals surface area contributed by atoms with Crippen LogP contribution in [0, 0.1) is 11.7 Å². The van der Waals surface area contributed by atoms with Gasteiger partial charge in [-0.15, -0.1) is 0 Å². The van der Waals surface area contributed by atoms with E-state index in [0.717, 1.165) is 56.7 Å². The molecule has 2 amide bonds. The first-order chi connectivity index (χ1) is 16.0. The quantitative estimate of drug-likeness (QED) is 0.468. The Labute approximate surface area is 194 Å². The van der Waals surface area contributed by atoms with E-state index in [2.05, 4.69) is 15.2 Å². The van der Waals surface area contributed by atoms with Gasteiger partial charge in [0.2, 0.25) is 11.8 Å². The van der Waals surface area contributed by atoms with E-state index >= 15 is 4.39 Å². The molecule has 3 aliphatic rings. The summed E-state index contributed by atoms with van der Waals surface area (Å²) >= 11 is 0. The first-order valence-electron chi connectivity index (χ1n) is 11.9. The molecule has 0 unspecified atom stereocenters. The molecule has 1 aromatic carbocycles. The summed E-state index contributed by atoms with van der Waals surface area (Å²) in [4.78, 5) is 28.7. The van der Waals surface area contributed by atoms with Crippen LogP contribution in [0.1, 0.15) is 38.5 Å². The molecule has 3 N–H and O–H groups in total. The number of anilines is 2. The number of imide groups is 1. The van der Waals surface area contributed by atoms with Gasteiger partial charge in [-0.1, -0.05) is 0 Å². The highest BCUT2D eigenvalue weighted by Gasteiger charge is 2.29. The molecule has 182 valence electrons. The maximum Gasteiger partial charge on any atom is 0.248 e. The van der Waals surface area contributed by atoms with Crippen molar-refractivity contribution in [2.75, 3.05) is 63.2 Å². The van der Waals surface area contributed by atoms with Crippen LogP contribution in [-0.2, 0) is 9.59 Å². The summed E-state index contributed by atoms with van der Waals surface area (Å²) in [7, 11) is 1.44. The van der Waals surface area contributed by atoms with Crippen molar-refractivity contribution in [2.24, 2.45) is 11.8 Å². The third kappa shape index (κ3) is 5.56. The van der Waals surface area contributed by atoms with Crippen molar-refractivity contribution in [3.8, 4) is 5.75 Å². The Balaban J connectivity index is 1.35. The third-order valence-electron chi connectivity index (χ3n) is 7.01. The number of hydrazine groups is 2. The van der Waals surface area contributed by atoms with Crippen molar-refractivity contribution < 1.29 is 18.7 Å². The van der Waals surface area contributed by atoms with Gasteiger partial charge in [0.15, 0.2) is 11.6 Å². The molecule has 4 rings (SSSR count). The van der Waals surface area contributed by atoms with Crippen LogP contribution in [0.15, 0.2) is 12.1 Å². The second-order valence-corrected chi connectivity index (χ2v) is 9.16. The molecule has 0 radical (unpaired) electrons. The molecule has 1 aromatic rings. The number of amides is 2. The summed E-state index contributed by atoms with van der Waals surface area (Å²) in [6.45, 7) is 6.44. The van der Waals surface area contributed by atoms with E-state index in [-0.39, 0.29) is 36.1 Å². The van der Waals surface area contributed by atoms with Crippen LogP contribution >= 0.6 is 0 Å². The lowest BCUT2D eigenvalue weighted by Gasteiger charge is -2.38. The summed E-state index contributed by atoms with van der Waals surface area (Å²) < 4.78 is 20.6. The van der Waals surface area contributed by atoms with Crippen molar-refractivity contribution in [2.45, 2.75) is 38.5 Å². The number of rotatable bonds is 7. The largest absolute Gasteiger partial charge is 0.492 e. The lowest BCUT2D eigenvalue weighted by Crippen LogP contribution is -2.47. The number of nitrogens with one attached hydrogen (secondary N) is 1. The smallest absolute Gasteiger partial charge is 0.248 e. The molecular weight excluding hydrogens is 427 g/mol. The van der Waals surface area contributed by atoms with Crippen LogP contribution in [0.4, 0.5) is 15.8 Å². The SMILES string of the molecule is COc1c(N2CCN(CCC3CCN(N)CC3)CC2)ccc(NN2C(=O)CCCC2=O)c1F. The Kier molecular flexibility index (Phi) is 7.67. The standard InChI is InChI=1S/C23H35FN6O3/c1-33-23-19(6-5-18(22(23)24)26-30-20(31)3-2-4-21(30)32)28-15-13-27(14-16-28)10-7-17-8-11-29(25)12-9-17/h5-6,17,26H,2-4,7-16,25H2,1H3. The van der Waals surface area contributed by atoms with E-state index in [1.165, 1.54) is 26.4 Å². The second-order valence-electron chi connectivity index (χ2n) is 9.16. The predicted octanol–water partition coefficient (Wildman–Crippen LogP) is 1.80. The number of carbonyl (C=O) groups excluding carboxylic acids is 2. The molecule has 3 heterocycles. The first-order valence-corrected chi connectivity index (χ1v) is 11.9. The summed E-state index contributed by atoms with van der Waals surface area (Å²) in [6, 6.07) is 3.36. The Bertz CT molecular complexity index is 837. The highest BCUT2D eigenvalue weighted by atomic mass is 19.1. The molecule has 0 aliphatic carbocycles. The Morgan fingerprint density at radius 1 is 1.06 bits per heavy atom. The van der Waals surface area contributed by atoms with Gasteiger partial charge < -0.3 is 9.64 Å². The minimum absolute atomic E-state index is 0.0568. The summed E-state index contributed by atoms with van der Waals surface area (Å²) in [5.41, 5.74) is 3.40. The maximum atomic E-state index is 15.2. The van der Waals surface area contributed by atoms with Gasteiger partial charge in [0, 0.05) is 52.1 Å². The lowest BCUT2D eigenvalue weighted by molar-refractivity contribution is -0.146.